The second-order valence-electron chi connectivity index (χ2n) is 3.24. The maximum Gasteiger partial charge on any atom is 0.106 e. The molecular weight excluding hydrogens is 257 g/mol. The van der Waals surface area contributed by atoms with E-state index in [1.165, 1.54) is 0 Å². The maximum atomic E-state index is 5.95. The van der Waals surface area contributed by atoms with Crippen molar-refractivity contribution in [3.8, 4) is 0 Å². The van der Waals surface area contributed by atoms with Crippen molar-refractivity contribution in [3.05, 3.63) is 58.6 Å². The Morgan fingerprint density at radius 1 is 0.824 bits per heavy atom. The summed E-state index contributed by atoms with van der Waals surface area (Å²) in [5.74, 6) is 0. The van der Waals surface area contributed by atoms with Crippen LogP contribution in [-0.2, 0) is 0 Å². The topological polar surface area (TPSA) is 36.8 Å². The van der Waals surface area contributed by atoms with Gasteiger partial charge in [0.15, 0.2) is 0 Å². The van der Waals surface area contributed by atoms with E-state index >= 15 is 0 Å². The molecule has 0 aliphatic heterocycles. The highest BCUT2D eigenvalue weighted by Gasteiger charge is 1.97. The molecular formula is C12H9Cl2N3. The van der Waals surface area contributed by atoms with Gasteiger partial charge in [-0.2, -0.15) is 0 Å². The second kappa shape index (κ2) is 5.66. The Morgan fingerprint density at radius 3 is 2.18 bits per heavy atom. The monoisotopic (exact) mass is 265 g/mol. The third-order valence-electron chi connectivity index (χ3n) is 2.05. The predicted molar refractivity (Wildman–Crippen MR) is 71.0 cm³/mol. The van der Waals surface area contributed by atoms with Gasteiger partial charge in [-0.05, 0) is 24.3 Å². The van der Waals surface area contributed by atoms with E-state index in [1.54, 1.807) is 18.2 Å². The Morgan fingerprint density at radius 2 is 1.47 bits per heavy atom. The van der Waals surface area contributed by atoms with Crippen molar-refractivity contribution >= 4 is 34.6 Å². The molecule has 0 radical (unpaired) electrons. The van der Waals surface area contributed by atoms with Crippen LogP contribution in [0, 0.1) is 0 Å². The molecule has 0 saturated carbocycles. The van der Waals surface area contributed by atoms with E-state index in [4.69, 9.17) is 23.2 Å². The van der Waals surface area contributed by atoms with Gasteiger partial charge in [-0.3, -0.25) is 5.43 Å². The lowest BCUT2D eigenvalue weighted by Crippen LogP contribution is -1.86. The molecule has 2 aromatic carbocycles. The number of para-hydroxylation sites is 1. The Hall–Kier alpha value is -1.58. The highest BCUT2D eigenvalue weighted by molar-refractivity contribution is 6.33. The number of nitrogens with zero attached hydrogens (tertiary/aromatic N) is 2. The van der Waals surface area contributed by atoms with Gasteiger partial charge in [-0.1, -0.05) is 52.7 Å². The number of benzene rings is 2. The van der Waals surface area contributed by atoms with Gasteiger partial charge in [0.2, 0.25) is 0 Å². The Balaban J connectivity index is 2.09. The molecule has 0 amide bonds. The van der Waals surface area contributed by atoms with Crippen molar-refractivity contribution < 1.29 is 0 Å². The van der Waals surface area contributed by atoms with Crippen LogP contribution >= 0.6 is 23.2 Å². The van der Waals surface area contributed by atoms with Crippen LogP contribution in [0.3, 0.4) is 0 Å². The first kappa shape index (κ1) is 11.9. The van der Waals surface area contributed by atoms with Crippen molar-refractivity contribution in [2.75, 3.05) is 5.43 Å². The molecule has 0 bridgehead atoms. The van der Waals surface area contributed by atoms with Gasteiger partial charge in [0, 0.05) is 0 Å². The minimum absolute atomic E-state index is 0.553. The average molecular weight is 266 g/mol. The van der Waals surface area contributed by atoms with Gasteiger partial charge in [0.25, 0.3) is 0 Å². The summed E-state index contributed by atoms with van der Waals surface area (Å²) in [6, 6.07) is 14.5. The molecule has 0 aliphatic carbocycles. The molecule has 17 heavy (non-hydrogen) atoms. The molecule has 0 aromatic heterocycles. The summed E-state index contributed by atoms with van der Waals surface area (Å²) in [7, 11) is 0. The zero-order valence-corrected chi connectivity index (χ0v) is 10.3. The largest absolute Gasteiger partial charge is 0.258 e. The molecule has 86 valence electrons. The molecule has 0 unspecified atom stereocenters. The van der Waals surface area contributed by atoms with Gasteiger partial charge >= 0.3 is 0 Å². The number of hydrogen-bond donors (Lipinski definition) is 1. The second-order valence-corrected chi connectivity index (χ2v) is 4.06. The lowest BCUT2D eigenvalue weighted by atomic mass is 10.3. The molecule has 0 spiro atoms. The molecule has 0 heterocycles. The third-order valence-corrected chi connectivity index (χ3v) is 2.70. The van der Waals surface area contributed by atoms with Crippen molar-refractivity contribution in [1.29, 1.82) is 0 Å². The van der Waals surface area contributed by atoms with Crippen molar-refractivity contribution in [1.82, 2.24) is 0 Å². The first-order valence-corrected chi connectivity index (χ1v) is 5.69. The summed E-state index contributed by atoms with van der Waals surface area (Å²) < 4.78 is 0. The van der Waals surface area contributed by atoms with Crippen LogP contribution in [0.25, 0.3) is 0 Å². The number of halogens is 2. The summed E-state index contributed by atoms with van der Waals surface area (Å²) in [5, 5.41) is 8.95. The molecule has 0 aliphatic rings. The fourth-order valence-electron chi connectivity index (χ4n) is 1.22. The lowest BCUT2D eigenvalue weighted by molar-refractivity contribution is 1.13. The van der Waals surface area contributed by atoms with E-state index in [0.29, 0.717) is 21.4 Å². The standard InChI is InChI=1S/C12H9Cl2N3/c13-9-5-1-3-7-11(9)15-17-16-12-8-4-2-6-10(12)14/h1-8H,(H,15,16). The third kappa shape index (κ3) is 3.19. The van der Waals surface area contributed by atoms with Crippen molar-refractivity contribution in [2.24, 2.45) is 10.3 Å². The van der Waals surface area contributed by atoms with Gasteiger partial charge < -0.3 is 0 Å². The van der Waals surface area contributed by atoms with E-state index in [1.807, 2.05) is 30.3 Å². The summed E-state index contributed by atoms with van der Waals surface area (Å²) in [6.07, 6.45) is 0. The molecule has 2 rings (SSSR count). The Labute approximate surface area is 109 Å². The maximum absolute atomic E-state index is 5.95. The molecule has 5 heteroatoms. The predicted octanol–water partition coefficient (Wildman–Crippen LogP) is 5.10. The van der Waals surface area contributed by atoms with Gasteiger partial charge in [0.1, 0.15) is 5.69 Å². The summed E-state index contributed by atoms with van der Waals surface area (Å²) in [5.41, 5.74) is 4.06. The SMILES string of the molecule is Clc1ccccc1N=NNc1ccccc1Cl. The van der Waals surface area contributed by atoms with E-state index in [2.05, 4.69) is 15.8 Å². The first-order chi connectivity index (χ1) is 8.27. The van der Waals surface area contributed by atoms with Gasteiger partial charge in [0.05, 0.1) is 15.7 Å². The first-order valence-electron chi connectivity index (χ1n) is 4.93. The normalized spacial score (nSPS) is 10.7. The minimum Gasteiger partial charge on any atom is -0.258 e. The number of hydrogen-bond acceptors (Lipinski definition) is 2. The Kier molecular flexibility index (Phi) is 3.96. The number of rotatable bonds is 3. The zero-order valence-electron chi connectivity index (χ0n) is 8.77. The van der Waals surface area contributed by atoms with Gasteiger partial charge in [-0.15, -0.1) is 5.11 Å². The molecule has 1 N–H and O–H groups in total. The van der Waals surface area contributed by atoms with E-state index in [9.17, 15) is 0 Å². The molecule has 0 saturated heterocycles. The van der Waals surface area contributed by atoms with Crippen LogP contribution in [0.2, 0.25) is 10.0 Å². The van der Waals surface area contributed by atoms with Crippen LogP contribution in [0.4, 0.5) is 11.4 Å². The highest BCUT2D eigenvalue weighted by Crippen LogP contribution is 2.25. The fraction of sp³-hybridized carbons (Fsp3) is 0. The molecule has 3 nitrogen and oxygen atoms in total. The van der Waals surface area contributed by atoms with Crippen LogP contribution in [0.5, 0.6) is 0 Å². The van der Waals surface area contributed by atoms with E-state index in [0.717, 1.165) is 0 Å². The Bertz CT molecular complexity index is 541. The van der Waals surface area contributed by atoms with Crippen LogP contribution in [-0.4, -0.2) is 0 Å². The van der Waals surface area contributed by atoms with Crippen LogP contribution in [0.15, 0.2) is 58.9 Å². The average Bonchev–Trinajstić information content (AvgIpc) is 2.34. The van der Waals surface area contributed by atoms with E-state index in [-0.39, 0.29) is 0 Å². The smallest absolute Gasteiger partial charge is 0.106 e. The fourth-order valence-corrected chi connectivity index (χ4v) is 1.57. The summed E-state index contributed by atoms with van der Waals surface area (Å²) in [4.78, 5) is 0. The van der Waals surface area contributed by atoms with Crippen molar-refractivity contribution in [3.63, 3.8) is 0 Å². The summed E-state index contributed by atoms with van der Waals surface area (Å²) in [6.45, 7) is 0. The van der Waals surface area contributed by atoms with Crippen molar-refractivity contribution in [2.45, 2.75) is 0 Å². The zero-order chi connectivity index (χ0) is 12.1. The number of anilines is 1. The summed E-state index contributed by atoms with van der Waals surface area (Å²) >= 11 is 11.9. The molecule has 0 fully saturated rings. The highest BCUT2D eigenvalue weighted by atomic mass is 35.5. The lowest BCUT2D eigenvalue weighted by Gasteiger charge is -2.01. The molecule has 2 aromatic rings. The van der Waals surface area contributed by atoms with Gasteiger partial charge in [-0.25, -0.2) is 0 Å². The minimum atomic E-state index is 0.553. The van der Waals surface area contributed by atoms with E-state index < -0.39 is 0 Å². The quantitative estimate of drug-likeness (QED) is 0.608. The van der Waals surface area contributed by atoms with Crippen LogP contribution in [0.1, 0.15) is 0 Å². The van der Waals surface area contributed by atoms with Crippen LogP contribution < -0.4 is 5.43 Å². The molecule has 0 atom stereocenters. The number of nitrogens with one attached hydrogen (secondary N) is 1.